The number of benzene rings is 1. The number of carbonyl (C=O) groups excluding carboxylic acids is 1. The first-order chi connectivity index (χ1) is 11.1. The first-order valence-corrected chi connectivity index (χ1v) is 7.72. The Kier molecular flexibility index (Phi) is 6.58. The molecule has 2 aromatic rings. The average Bonchev–Trinajstić information content (AvgIpc) is 2.95. The smallest absolute Gasteiger partial charge is 0.228 e. The highest BCUT2D eigenvalue weighted by Crippen LogP contribution is 2.19. The molecule has 2 N–H and O–H groups in total. The number of aliphatic hydroxyl groups excluding tert-OH is 1. The molecule has 124 valence electrons. The minimum Gasteiger partial charge on any atom is -0.388 e. The Morgan fingerprint density at radius 2 is 2.13 bits per heavy atom. The van der Waals surface area contributed by atoms with Crippen molar-refractivity contribution in [2.24, 2.45) is 0 Å². The zero-order valence-electron chi connectivity index (χ0n) is 12.9. The van der Waals surface area contributed by atoms with Crippen LogP contribution in [0.5, 0.6) is 0 Å². The molecule has 1 amide bonds. The second-order valence-electron chi connectivity index (χ2n) is 5.13. The number of nitrogens with one attached hydrogen (secondary N) is 1. The molecule has 0 spiro atoms. The summed E-state index contributed by atoms with van der Waals surface area (Å²) in [7, 11) is 1.65. The summed E-state index contributed by atoms with van der Waals surface area (Å²) in [4.78, 5) is 12.0. The molecule has 7 heteroatoms. The van der Waals surface area contributed by atoms with Crippen LogP contribution in [0.3, 0.4) is 0 Å². The fourth-order valence-electron chi connectivity index (χ4n) is 2.10. The number of anilines is 1. The normalized spacial score (nSPS) is 12.1. The number of rotatable bonds is 8. The highest BCUT2D eigenvalue weighted by molar-refractivity contribution is 6.30. The van der Waals surface area contributed by atoms with Crippen molar-refractivity contribution in [3.8, 4) is 0 Å². The molecule has 0 aliphatic heterocycles. The maximum Gasteiger partial charge on any atom is 0.228 e. The molecule has 0 saturated carbocycles. The minimum absolute atomic E-state index is 0.0435. The lowest BCUT2D eigenvalue weighted by Crippen LogP contribution is -2.16. The van der Waals surface area contributed by atoms with E-state index in [2.05, 4.69) is 10.4 Å². The average molecular weight is 338 g/mol. The number of hydrogen-bond acceptors (Lipinski definition) is 4. The van der Waals surface area contributed by atoms with Crippen molar-refractivity contribution >= 4 is 23.3 Å². The molecule has 23 heavy (non-hydrogen) atoms. The van der Waals surface area contributed by atoms with E-state index in [1.54, 1.807) is 48.3 Å². The van der Waals surface area contributed by atoms with Gasteiger partial charge in [0.25, 0.3) is 0 Å². The van der Waals surface area contributed by atoms with Gasteiger partial charge in [0.05, 0.1) is 12.5 Å². The first kappa shape index (κ1) is 17.5. The molecule has 0 aliphatic carbocycles. The molecule has 0 fully saturated rings. The van der Waals surface area contributed by atoms with Gasteiger partial charge in [-0.3, -0.25) is 9.48 Å². The van der Waals surface area contributed by atoms with Crippen molar-refractivity contribution in [2.75, 3.05) is 19.0 Å². The van der Waals surface area contributed by atoms with Gasteiger partial charge in [-0.1, -0.05) is 23.7 Å². The summed E-state index contributed by atoms with van der Waals surface area (Å²) in [6.07, 6.45) is 1.72. The first-order valence-electron chi connectivity index (χ1n) is 7.34. The Hall–Kier alpha value is -1.89. The molecule has 1 unspecified atom stereocenters. The topological polar surface area (TPSA) is 76.4 Å². The second-order valence-corrected chi connectivity index (χ2v) is 5.57. The molecule has 0 bridgehead atoms. The summed E-state index contributed by atoms with van der Waals surface area (Å²) in [6.45, 7) is 1.38. The predicted octanol–water partition coefficient (Wildman–Crippen LogP) is 2.64. The van der Waals surface area contributed by atoms with Gasteiger partial charge < -0.3 is 15.2 Å². The molecule has 2 rings (SSSR count). The van der Waals surface area contributed by atoms with Crippen molar-refractivity contribution in [2.45, 2.75) is 25.5 Å². The third-order valence-electron chi connectivity index (χ3n) is 3.28. The van der Waals surface area contributed by atoms with Crippen molar-refractivity contribution in [1.29, 1.82) is 0 Å². The lowest BCUT2D eigenvalue weighted by Gasteiger charge is -2.10. The van der Waals surface area contributed by atoms with E-state index < -0.39 is 6.10 Å². The molecule has 0 aliphatic rings. The Morgan fingerprint density at radius 3 is 2.83 bits per heavy atom. The molecular weight excluding hydrogens is 318 g/mol. The third kappa shape index (κ3) is 5.67. The molecule has 0 saturated heterocycles. The lowest BCUT2D eigenvalue weighted by atomic mass is 10.1. The summed E-state index contributed by atoms with van der Waals surface area (Å²) in [5.41, 5.74) is 0.648. The number of ether oxygens (including phenoxy) is 1. The number of aliphatic hydroxyl groups is 1. The highest BCUT2D eigenvalue weighted by atomic mass is 35.5. The highest BCUT2D eigenvalue weighted by Gasteiger charge is 2.14. The van der Waals surface area contributed by atoms with Crippen LogP contribution in [-0.2, 0) is 16.1 Å². The Labute approximate surface area is 140 Å². The summed E-state index contributed by atoms with van der Waals surface area (Å²) in [5, 5.41) is 17.6. The summed E-state index contributed by atoms with van der Waals surface area (Å²) < 4.78 is 6.72. The van der Waals surface area contributed by atoms with Crippen LogP contribution in [0.1, 0.15) is 24.5 Å². The van der Waals surface area contributed by atoms with Gasteiger partial charge in [0, 0.05) is 37.5 Å². The SMILES string of the molecule is COCCCn1ccc(NC(=O)CC(O)c2ccc(Cl)cc2)n1. The van der Waals surface area contributed by atoms with Crippen LogP contribution in [0.15, 0.2) is 36.5 Å². The van der Waals surface area contributed by atoms with Gasteiger partial charge in [0.2, 0.25) is 5.91 Å². The van der Waals surface area contributed by atoms with E-state index in [0.29, 0.717) is 23.0 Å². The van der Waals surface area contributed by atoms with E-state index in [1.807, 2.05) is 0 Å². The lowest BCUT2D eigenvalue weighted by molar-refractivity contribution is -0.118. The molecule has 1 heterocycles. The molecular formula is C16H20ClN3O3. The number of amides is 1. The number of aryl methyl sites for hydroxylation is 1. The number of halogens is 1. The predicted molar refractivity (Wildman–Crippen MR) is 88.4 cm³/mol. The van der Waals surface area contributed by atoms with Gasteiger partial charge in [-0.15, -0.1) is 0 Å². The van der Waals surface area contributed by atoms with Gasteiger partial charge in [0.1, 0.15) is 0 Å². The van der Waals surface area contributed by atoms with Crippen LogP contribution in [0.4, 0.5) is 5.82 Å². The molecule has 0 radical (unpaired) electrons. The number of aromatic nitrogens is 2. The minimum atomic E-state index is -0.879. The summed E-state index contributed by atoms with van der Waals surface area (Å²) in [5.74, 6) is 0.172. The maximum atomic E-state index is 12.0. The van der Waals surface area contributed by atoms with Crippen LogP contribution in [0, 0.1) is 0 Å². The zero-order chi connectivity index (χ0) is 16.7. The van der Waals surface area contributed by atoms with Gasteiger partial charge in [0.15, 0.2) is 5.82 Å². The van der Waals surface area contributed by atoms with Crippen molar-refractivity contribution in [3.63, 3.8) is 0 Å². The molecule has 1 aromatic heterocycles. The van der Waals surface area contributed by atoms with Crippen molar-refractivity contribution in [3.05, 3.63) is 47.1 Å². The van der Waals surface area contributed by atoms with Crippen LogP contribution in [0.2, 0.25) is 5.02 Å². The number of carbonyl (C=O) groups is 1. The van der Waals surface area contributed by atoms with E-state index in [1.165, 1.54) is 0 Å². The quantitative estimate of drug-likeness (QED) is 0.726. The van der Waals surface area contributed by atoms with Crippen LogP contribution >= 0.6 is 11.6 Å². The van der Waals surface area contributed by atoms with Gasteiger partial charge in [-0.2, -0.15) is 5.10 Å². The fraction of sp³-hybridized carbons (Fsp3) is 0.375. The standard InChI is InChI=1S/C16H20ClN3O3/c1-23-10-2-8-20-9-7-15(19-20)18-16(22)11-14(21)12-3-5-13(17)6-4-12/h3-7,9,14,21H,2,8,10-11H2,1H3,(H,18,19,22). The van der Waals surface area contributed by atoms with Crippen molar-refractivity contribution in [1.82, 2.24) is 9.78 Å². The Morgan fingerprint density at radius 1 is 1.39 bits per heavy atom. The number of hydrogen-bond donors (Lipinski definition) is 2. The molecule has 1 aromatic carbocycles. The Bertz CT molecular complexity index is 628. The fourth-order valence-corrected chi connectivity index (χ4v) is 2.22. The summed E-state index contributed by atoms with van der Waals surface area (Å²) >= 11 is 5.80. The third-order valence-corrected chi connectivity index (χ3v) is 3.53. The zero-order valence-corrected chi connectivity index (χ0v) is 13.7. The Balaban J connectivity index is 1.83. The van der Waals surface area contributed by atoms with Crippen LogP contribution < -0.4 is 5.32 Å². The van der Waals surface area contributed by atoms with E-state index >= 15 is 0 Å². The van der Waals surface area contributed by atoms with Crippen LogP contribution in [0.25, 0.3) is 0 Å². The van der Waals surface area contributed by atoms with Gasteiger partial charge >= 0.3 is 0 Å². The summed E-state index contributed by atoms with van der Waals surface area (Å²) in [6, 6.07) is 8.48. The number of methoxy groups -OCH3 is 1. The van der Waals surface area contributed by atoms with E-state index in [-0.39, 0.29) is 12.3 Å². The van der Waals surface area contributed by atoms with Gasteiger partial charge in [-0.05, 0) is 24.1 Å². The molecule has 6 nitrogen and oxygen atoms in total. The van der Waals surface area contributed by atoms with Crippen molar-refractivity contribution < 1.29 is 14.6 Å². The monoisotopic (exact) mass is 337 g/mol. The van der Waals surface area contributed by atoms with E-state index in [9.17, 15) is 9.90 Å². The van der Waals surface area contributed by atoms with Gasteiger partial charge in [-0.25, -0.2) is 0 Å². The maximum absolute atomic E-state index is 12.0. The van der Waals surface area contributed by atoms with Crippen LogP contribution in [-0.4, -0.2) is 34.5 Å². The second kappa shape index (κ2) is 8.67. The number of nitrogens with zero attached hydrogens (tertiary/aromatic N) is 2. The largest absolute Gasteiger partial charge is 0.388 e. The van der Waals surface area contributed by atoms with E-state index in [4.69, 9.17) is 16.3 Å². The molecule has 1 atom stereocenters. The van der Waals surface area contributed by atoms with E-state index in [0.717, 1.165) is 13.0 Å².